The Morgan fingerprint density at radius 3 is 2.62 bits per heavy atom. The molecule has 1 heterocycles. The third-order valence-electron chi connectivity index (χ3n) is 4.50. The number of carbonyl (C=O) groups is 2. The molecule has 1 amide bonds. The molecule has 7 heteroatoms. The second-order valence-electron chi connectivity index (χ2n) is 6.41. The highest BCUT2D eigenvalue weighted by Crippen LogP contribution is 2.39. The van der Waals surface area contributed by atoms with E-state index in [4.69, 9.17) is 9.47 Å². The first kappa shape index (κ1) is 20.6. The van der Waals surface area contributed by atoms with Crippen LogP contribution >= 0.6 is 11.3 Å². The highest BCUT2D eigenvalue weighted by molar-refractivity contribution is 7.17. The zero-order valence-electron chi connectivity index (χ0n) is 16.4. The summed E-state index contributed by atoms with van der Waals surface area (Å²) in [6, 6.07) is 9.06. The number of aryl methyl sites for hydroxylation is 1. The van der Waals surface area contributed by atoms with Crippen LogP contribution in [-0.4, -0.2) is 25.1 Å². The highest BCUT2D eigenvalue weighted by Gasteiger charge is 2.28. The Morgan fingerprint density at radius 1 is 1.21 bits per heavy atom. The first-order valence-corrected chi connectivity index (χ1v) is 10.4. The van der Waals surface area contributed by atoms with Crippen molar-refractivity contribution in [2.24, 2.45) is 0 Å². The summed E-state index contributed by atoms with van der Waals surface area (Å²) in [7, 11) is 0. The number of nitriles is 1. The third-order valence-corrected chi connectivity index (χ3v) is 5.70. The highest BCUT2D eigenvalue weighted by atomic mass is 32.1. The molecule has 1 aliphatic carbocycles. The Balaban J connectivity index is 1.83. The molecule has 150 valence electrons. The Kier molecular flexibility index (Phi) is 6.68. The second kappa shape index (κ2) is 9.39. The number of esters is 1. The van der Waals surface area contributed by atoms with E-state index in [0.717, 1.165) is 35.5 Å². The van der Waals surface area contributed by atoms with Crippen molar-refractivity contribution in [3.05, 3.63) is 51.4 Å². The van der Waals surface area contributed by atoms with E-state index in [1.54, 1.807) is 31.2 Å². The Bertz CT molecular complexity index is 983. The van der Waals surface area contributed by atoms with Crippen molar-refractivity contribution in [2.75, 3.05) is 18.5 Å². The van der Waals surface area contributed by atoms with Crippen LogP contribution in [0.4, 0.5) is 5.00 Å². The van der Waals surface area contributed by atoms with E-state index in [-0.39, 0.29) is 12.2 Å². The summed E-state index contributed by atoms with van der Waals surface area (Å²) in [5.41, 5.74) is 2.05. The minimum atomic E-state index is -0.549. The van der Waals surface area contributed by atoms with E-state index in [2.05, 4.69) is 5.32 Å². The molecule has 0 aliphatic heterocycles. The van der Waals surface area contributed by atoms with Crippen molar-refractivity contribution in [1.29, 1.82) is 5.26 Å². The molecule has 0 unspecified atom stereocenters. The molecular weight excluding hydrogens is 388 g/mol. The number of hydrogen-bond acceptors (Lipinski definition) is 6. The molecule has 0 bridgehead atoms. The number of fused-ring (bicyclic) bond motifs is 1. The third kappa shape index (κ3) is 4.66. The summed E-state index contributed by atoms with van der Waals surface area (Å²) >= 11 is 1.39. The smallest absolute Gasteiger partial charge is 0.341 e. The van der Waals surface area contributed by atoms with Crippen LogP contribution in [0.3, 0.4) is 0 Å². The fraction of sp³-hybridized carbons (Fsp3) is 0.318. The Hall–Kier alpha value is -3.11. The van der Waals surface area contributed by atoms with Crippen molar-refractivity contribution in [3.8, 4) is 11.8 Å². The molecule has 1 aromatic heterocycles. The average molecular weight is 410 g/mol. The van der Waals surface area contributed by atoms with E-state index in [0.29, 0.717) is 22.7 Å². The van der Waals surface area contributed by atoms with Gasteiger partial charge in [0.2, 0.25) is 0 Å². The topological polar surface area (TPSA) is 88.4 Å². The summed E-state index contributed by atoms with van der Waals surface area (Å²) in [6.07, 6.45) is 4.18. The number of nitrogens with one attached hydrogen (secondary N) is 1. The molecule has 0 saturated carbocycles. The minimum absolute atomic E-state index is 0.0440. The van der Waals surface area contributed by atoms with Crippen LogP contribution < -0.4 is 10.1 Å². The molecule has 1 aromatic carbocycles. The Morgan fingerprint density at radius 2 is 1.97 bits per heavy atom. The number of thiophene rings is 1. The summed E-state index contributed by atoms with van der Waals surface area (Å²) < 4.78 is 10.6. The molecule has 3 rings (SSSR count). The van der Waals surface area contributed by atoms with Gasteiger partial charge in [0, 0.05) is 4.88 Å². The van der Waals surface area contributed by atoms with Gasteiger partial charge in [-0.25, -0.2) is 4.79 Å². The summed E-state index contributed by atoms with van der Waals surface area (Å²) in [4.78, 5) is 26.2. The molecule has 2 aromatic rings. The van der Waals surface area contributed by atoms with Crippen molar-refractivity contribution in [2.45, 2.75) is 33.1 Å². The van der Waals surface area contributed by atoms with Crippen LogP contribution in [-0.2, 0) is 22.4 Å². The fourth-order valence-corrected chi connectivity index (χ4v) is 4.50. The first-order chi connectivity index (χ1) is 14.1. The normalized spacial score (nSPS) is 12.8. The molecule has 6 nitrogen and oxygen atoms in total. The number of ether oxygens (including phenoxy) is 2. The summed E-state index contributed by atoms with van der Waals surface area (Å²) in [5, 5.41) is 12.7. The van der Waals surface area contributed by atoms with Gasteiger partial charge in [-0.2, -0.15) is 5.26 Å². The monoisotopic (exact) mass is 410 g/mol. The fourth-order valence-electron chi connectivity index (χ4n) is 3.22. The van der Waals surface area contributed by atoms with E-state index < -0.39 is 11.9 Å². The Labute approximate surface area is 173 Å². The van der Waals surface area contributed by atoms with Gasteiger partial charge in [-0.05, 0) is 62.4 Å². The lowest BCUT2D eigenvalue weighted by Crippen LogP contribution is -2.16. The number of rotatable bonds is 7. The van der Waals surface area contributed by atoms with Gasteiger partial charge >= 0.3 is 5.97 Å². The predicted molar refractivity (Wildman–Crippen MR) is 112 cm³/mol. The molecule has 0 radical (unpaired) electrons. The molecule has 0 saturated heterocycles. The van der Waals surface area contributed by atoms with Gasteiger partial charge in [0.15, 0.2) is 0 Å². The zero-order chi connectivity index (χ0) is 20.8. The number of carbonyl (C=O) groups excluding carboxylic acids is 2. The molecule has 29 heavy (non-hydrogen) atoms. The number of benzene rings is 1. The standard InChI is InChI=1S/C22H22N2O4S/c1-3-27-16-10-8-14(9-11-16)12-15(13-23)20(25)24-21-19(22(26)28-4-2)17-6-5-7-18(17)29-21/h8-12H,3-7H2,1-2H3,(H,24,25). The lowest BCUT2D eigenvalue weighted by molar-refractivity contribution is -0.112. The molecular formula is C22H22N2O4S. The van der Waals surface area contributed by atoms with Crippen molar-refractivity contribution in [3.63, 3.8) is 0 Å². The van der Waals surface area contributed by atoms with Crippen molar-refractivity contribution < 1.29 is 19.1 Å². The van der Waals surface area contributed by atoms with Gasteiger partial charge in [0.1, 0.15) is 22.4 Å². The zero-order valence-corrected chi connectivity index (χ0v) is 17.2. The van der Waals surface area contributed by atoms with E-state index >= 15 is 0 Å². The van der Waals surface area contributed by atoms with Crippen molar-refractivity contribution in [1.82, 2.24) is 0 Å². The van der Waals surface area contributed by atoms with Gasteiger partial charge < -0.3 is 14.8 Å². The lowest BCUT2D eigenvalue weighted by atomic mass is 10.1. The minimum Gasteiger partial charge on any atom is -0.494 e. The van der Waals surface area contributed by atoms with Gasteiger partial charge in [0.05, 0.1) is 18.8 Å². The lowest BCUT2D eigenvalue weighted by Gasteiger charge is -2.08. The number of nitrogens with zero attached hydrogens (tertiary/aromatic N) is 1. The molecule has 0 spiro atoms. The van der Waals surface area contributed by atoms with E-state index in [9.17, 15) is 14.9 Å². The van der Waals surface area contributed by atoms with Gasteiger partial charge in [-0.3, -0.25) is 4.79 Å². The van der Waals surface area contributed by atoms with Crippen LogP contribution in [0.25, 0.3) is 6.08 Å². The maximum Gasteiger partial charge on any atom is 0.341 e. The van der Waals surface area contributed by atoms with Gasteiger partial charge in [-0.15, -0.1) is 11.3 Å². The van der Waals surface area contributed by atoms with Crippen molar-refractivity contribution >= 4 is 34.3 Å². The largest absolute Gasteiger partial charge is 0.494 e. The summed E-state index contributed by atoms with van der Waals surface area (Å²) in [5.74, 6) is -0.261. The van der Waals surface area contributed by atoms with Crippen LogP contribution in [0, 0.1) is 11.3 Å². The predicted octanol–water partition coefficient (Wildman–Crippen LogP) is 4.36. The second-order valence-corrected chi connectivity index (χ2v) is 7.51. The molecule has 0 fully saturated rings. The molecule has 0 atom stereocenters. The SMILES string of the molecule is CCOC(=O)c1c(NC(=O)C(C#N)=Cc2ccc(OCC)cc2)sc2c1CCC2. The summed E-state index contributed by atoms with van der Waals surface area (Å²) in [6.45, 7) is 4.47. The maximum atomic E-state index is 12.7. The molecule has 1 N–H and O–H groups in total. The van der Waals surface area contributed by atoms with Gasteiger partial charge in [-0.1, -0.05) is 12.1 Å². The quantitative estimate of drug-likeness (QED) is 0.416. The van der Waals surface area contributed by atoms with Crippen LogP contribution in [0.1, 0.15) is 46.6 Å². The maximum absolute atomic E-state index is 12.7. The average Bonchev–Trinajstić information content (AvgIpc) is 3.28. The van der Waals surface area contributed by atoms with E-state index in [1.165, 1.54) is 17.4 Å². The number of anilines is 1. The van der Waals surface area contributed by atoms with Crippen LogP contribution in [0.5, 0.6) is 5.75 Å². The van der Waals surface area contributed by atoms with E-state index in [1.807, 2.05) is 13.0 Å². The first-order valence-electron chi connectivity index (χ1n) is 9.55. The van der Waals surface area contributed by atoms with Crippen LogP contribution in [0.2, 0.25) is 0 Å². The van der Waals surface area contributed by atoms with Crippen LogP contribution in [0.15, 0.2) is 29.8 Å². The number of amides is 1. The number of hydrogen-bond donors (Lipinski definition) is 1. The van der Waals surface area contributed by atoms with Gasteiger partial charge in [0.25, 0.3) is 5.91 Å². The molecule has 1 aliphatic rings.